The zero-order chi connectivity index (χ0) is 11.4. The molecule has 0 amide bonds. The normalized spacial score (nSPS) is 24.1. The summed E-state index contributed by atoms with van der Waals surface area (Å²) in [6.07, 6.45) is 4.86. The van der Waals surface area contributed by atoms with Gasteiger partial charge in [-0.05, 0) is 18.4 Å². The first-order chi connectivity index (χ1) is 7.77. The molecular weight excluding hydrogens is 200 g/mol. The van der Waals surface area contributed by atoms with E-state index in [2.05, 4.69) is 6.58 Å². The first-order valence-corrected chi connectivity index (χ1v) is 5.65. The maximum Gasteiger partial charge on any atom is 0.306 e. The van der Waals surface area contributed by atoms with Crippen molar-refractivity contribution in [3.05, 3.63) is 48.6 Å². The summed E-state index contributed by atoms with van der Waals surface area (Å²) in [6, 6.07) is 10.00. The van der Waals surface area contributed by atoms with E-state index in [1.54, 1.807) is 0 Å². The molecule has 1 fully saturated rings. The molecule has 0 unspecified atom stereocenters. The van der Waals surface area contributed by atoms with Crippen LogP contribution in [0.3, 0.4) is 0 Å². The fourth-order valence-corrected chi connectivity index (χ4v) is 2.22. The van der Waals surface area contributed by atoms with E-state index in [1.165, 1.54) is 0 Å². The number of ether oxygens (including phenoxy) is 1. The van der Waals surface area contributed by atoms with Crippen molar-refractivity contribution in [2.24, 2.45) is 0 Å². The van der Waals surface area contributed by atoms with Crippen LogP contribution in [0, 0.1) is 0 Å². The Labute approximate surface area is 95.9 Å². The second-order valence-electron chi connectivity index (χ2n) is 4.16. The minimum absolute atomic E-state index is 0.0899. The van der Waals surface area contributed by atoms with Crippen LogP contribution in [0.15, 0.2) is 43.0 Å². The Morgan fingerprint density at radius 2 is 2.12 bits per heavy atom. The van der Waals surface area contributed by atoms with Crippen LogP contribution in [0.1, 0.15) is 31.2 Å². The molecule has 1 aliphatic rings. The van der Waals surface area contributed by atoms with Gasteiger partial charge in [-0.3, -0.25) is 4.79 Å². The number of hydrogen-bond donors (Lipinski definition) is 0. The Hall–Kier alpha value is -1.57. The van der Waals surface area contributed by atoms with Crippen LogP contribution in [0.25, 0.3) is 0 Å². The van der Waals surface area contributed by atoms with E-state index in [-0.39, 0.29) is 5.97 Å². The molecule has 1 atom stereocenters. The standard InChI is InChI=1S/C14H16O2/c1-2-3-10-14(11-9-13(15)16-14)12-7-5-4-6-8-12/h2,4-8H,1,3,9-11H2/t14-/m0/s1. The number of esters is 1. The summed E-state index contributed by atoms with van der Waals surface area (Å²) >= 11 is 0. The van der Waals surface area contributed by atoms with Crippen LogP contribution in [0.2, 0.25) is 0 Å². The van der Waals surface area contributed by atoms with E-state index in [4.69, 9.17) is 4.74 Å². The second kappa shape index (κ2) is 4.52. The highest BCUT2D eigenvalue weighted by atomic mass is 16.6. The summed E-state index contributed by atoms with van der Waals surface area (Å²) in [5.74, 6) is -0.0899. The number of allylic oxidation sites excluding steroid dienone is 1. The molecule has 2 nitrogen and oxygen atoms in total. The molecule has 1 heterocycles. The van der Waals surface area contributed by atoms with E-state index < -0.39 is 5.60 Å². The second-order valence-corrected chi connectivity index (χ2v) is 4.16. The third-order valence-corrected chi connectivity index (χ3v) is 3.09. The molecule has 1 aliphatic heterocycles. The third kappa shape index (κ3) is 2.01. The summed E-state index contributed by atoms with van der Waals surface area (Å²) in [5, 5.41) is 0. The highest BCUT2D eigenvalue weighted by molar-refractivity contribution is 5.72. The monoisotopic (exact) mass is 216 g/mol. The number of cyclic esters (lactones) is 1. The molecule has 0 N–H and O–H groups in total. The predicted molar refractivity (Wildman–Crippen MR) is 62.9 cm³/mol. The van der Waals surface area contributed by atoms with Crippen molar-refractivity contribution >= 4 is 5.97 Å². The van der Waals surface area contributed by atoms with Gasteiger partial charge >= 0.3 is 5.97 Å². The van der Waals surface area contributed by atoms with Crippen molar-refractivity contribution in [3.8, 4) is 0 Å². The first kappa shape index (κ1) is 10.9. The Bertz CT molecular complexity index is 383. The number of rotatable bonds is 4. The van der Waals surface area contributed by atoms with Gasteiger partial charge in [-0.2, -0.15) is 0 Å². The van der Waals surface area contributed by atoms with Gasteiger partial charge in [0.2, 0.25) is 0 Å². The Balaban J connectivity index is 2.28. The van der Waals surface area contributed by atoms with Gasteiger partial charge in [0, 0.05) is 12.8 Å². The SMILES string of the molecule is C=CCC[C@@]1(c2ccccc2)CCC(=O)O1. The molecule has 1 saturated heterocycles. The van der Waals surface area contributed by atoms with Gasteiger partial charge < -0.3 is 4.74 Å². The number of carbonyl (C=O) groups is 1. The van der Waals surface area contributed by atoms with Gasteiger partial charge in [-0.1, -0.05) is 36.4 Å². The Kier molecular flexibility index (Phi) is 3.09. The lowest BCUT2D eigenvalue weighted by molar-refractivity contribution is -0.149. The van der Waals surface area contributed by atoms with Gasteiger partial charge in [0.15, 0.2) is 0 Å². The Morgan fingerprint density at radius 1 is 1.38 bits per heavy atom. The zero-order valence-corrected chi connectivity index (χ0v) is 9.32. The lowest BCUT2D eigenvalue weighted by Crippen LogP contribution is -2.25. The molecule has 84 valence electrons. The third-order valence-electron chi connectivity index (χ3n) is 3.09. The summed E-state index contributed by atoms with van der Waals surface area (Å²) in [5.41, 5.74) is 0.690. The van der Waals surface area contributed by atoms with Crippen molar-refractivity contribution in [2.45, 2.75) is 31.3 Å². The smallest absolute Gasteiger partial charge is 0.306 e. The summed E-state index contributed by atoms with van der Waals surface area (Å²) < 4.78 is 5.55. The average molecular weight is 216 g/mol. The lowest BCUT2D eigenvalue weighted by Gasteiger charge is -2.27. The number of hydrogen-bond acceptors (Lipinski definition) is 2. The lowest BCUT2D eigenvalue weighted by atomic mass is 9.86. The van der Waals surface area contributed by atoms with Crippen molar-refractivity contribution in [3.63, 3.8) is 0 Å². The Morgan fingerprint density at radius 3 is 2.69 bits per heavy atom. The fraction of sp³-hybridized carbons (Fsp3) is 0.357. The summed E-state index contributed by atoms with van der Waals surface area (Å²) in [7, 11) is 0. The van der Waals surface area contributed by atoms with Crippen molar-refractivity contribution in [1.82, 2.24) is 0 Å². The molecule has 0 aromatic heterocycles. The maximum absolute atomic E-state index is 11.3. The van der Waals surface area contributed by atoms with E-state index in [0.29, 0.717) is 6.42 Å². The quantitative estimate of drug-likeness (QED) is 0.570. The number of benzene rings is 1. The van der Waals surface area contributed by atoms with E-state index >= 15 is 0 Å². The van der Waals surface area contributed by atoms with Crippen LogP contribution in [-0.4, -0.2) is 5.97 Å². The predicted octanol–water partition coefficient (Wildman–Crippen LogP) is 3.19. The summed E-state index contributed by atoms with van der Waals surface area (Å²) in [4.78, 5) is 11.3. The van der Waals surface area contributed by atoms with Gasteiger partial charge in [-0.15, -0.1) is 6.58 Å². The highest BCUT2D eigenvalue weighted by Gasteiger charge is 2.40. The van der Waals surface area contributed by atoms with Gasteiger partial charge in [0.1, 0.15) is 5.60 Å². The van der Waals surface area contributed by atoms with Crippen LogP contribution in [0.4, 0.5) is 0 Å². The van der Waals surface area contributed by atoms with Gasteiger partial charge in [0.05, 0.1) is 0 Å². The zero-order valence-electron chi connectivity index (χ0n) is 9.32. The first-order valence-electron chi connectivity index (χ1n) is 5.65. The van der Waals surface area contributed by atoms with Crippen LogP contribution in [-0.2, 0) is 15.1 Å². The van der Waals surface area contributed by atoms with E-state index in [0.717, 1.165) is 24.8 Å². The molecule has 0 radical (unpaired) electrons. The molecule has 1 aromatic carbocycles. The van der Waals surface area contributed by atoms with Crippen molar-refractivity contribution < 1.29 is 9.53 Å². The van der Waals surface area contributed by atoms with Crippen molar-refractivity contribution in [1.29, 1.82) is 0 Å². The molecule has 0 bridgehead atoms. The van der Waals surface area contributed by atoms with Gasteiger partial charge in [-0.25, -0.2) is 0 Å². The fourth-order valence-electron chi connectivity index (χ4n) is 2.22. The number of carbonyl (C=O) groups excluding carboxylic acids is 1. The summed E-state index contributed by atoms with van der Waals surface area (Å²) in [6.45, 7) is 3.72. The molecule has 2 heteroatoms. The molecule has 0 saturated carbocycles. The van der Waals surface area contributed by atoms with Crippen LogP contribution in [0.5, 0.6) is 0 Å². The molecule has 16 heavy (non-hydrogen) atoms. The minimum atomic E-state index is -0.410. The van der Waals surface area contributed by atoms with E-state index in [9.17, 15) is 4.79 Å². The maximum atomic E-state index is 11.3. The molecule has 1 aromatic rings. The van der Waals surface area contributed by atoms with Crippen molar-refractivity contribution in [2.75, 3.05) is 0 Å². The molecule has 0 spiro atoms. The largest absolute Gasteiger partial charge is 0.454 e. The molecule has 0 aliphatic carbocycles. The van der Waals surface area contributed by atoms with Crippen LogP contribution >= 0.6 is 0 Å². The highest BCUT2D eigenvalue weighted by Crippen LogP contribution is 2.40. The topological polar surface area (TPSA) is 26.3 Å². The van der Waals surface area contributed by atoms with Gasteiger partial charge in [0.25, 0.3) is 0 Å². The minimum Gasteiger partial charge on any atom is -0.454 e. The molecule has 2 rings (SSSR count). The average Bonchev–Trinajstić information content (AvgIpc) is 2.71. The molecular formula is C14H16O2. The van der Waals surface area contributed by atoms with E-state index in [1.807, 2.05) is 36.4 Å². The van der Waals surface area contributed by atoms with Crippen LogP contribution < -0.4 is 0 Å².